The Morgan fingerprint density at radius 2 is 1.69 bits per heavy atom. The quantitative estimate of drug-likeness (QED) is 0.614. The van der Waals surface area contributed by atoms with Gasteiger partial charge in [-0.1, -0.05) is 0 Å². The Kier molecular flexibility index (Phi) is 6.89. The van der Waals surface area contributed by atoms with Gasteiger partial charge in [0.1, 0.15) is 0 Å². The fourth-order valence-corrected chi connectivity index (χ4v) is 4.24. The minimum Gasteiger partial charge on any atom is -0.441 e. The highest BCUT2D eigenvalue weighted by Crippen LogP contribution is 2.23. The second-order valence-corrected chi connectivity index (χ2v) is 11.6. The lowest BCUT2D eigenvalue weighted by Gasteiger charge is -2.28. The fraction of sp³-hybridized carbons (Fsp3) is 0.474. The Morgan fingerprint density at radius 1 is 1.10 bits per heavy atom. The van der Waals surface area contributed by atoms with E-state index in [1.165, 1.54) is 23.2 Å². The number of aryl methyl sites for hydroxylation is 1. The number of oxazole rings is 1. The van der Waals surface area contributed by atoms with Gasteiger partial charge < -0.3 is 9.32 Å². The lowest BCUT2D eigenvalue weighted by molar-refractivity contribution is -0.131. The second-order valence-electron chi connectivity index (χ2n) is 7.19. The lowest BCUT2D eigenvalue weighted by Crippen LogP contribution is -2.44. The van der Waals surface area contributed by atoms with Crippen LogP contribution in [0.5, 0.6) is 0 Å². The molecule has 8 nitrogen and oxygen atoms in total. The molecular weight excluding hydrogens is 416 g/mol. The molecule has 1 heterocycles. The maximum Gasteiger partial charge on any atom is 0.223 e. The van der Waals surface area contributed by atoms with Crippen LogP contribution in [-0.4, -0.2) is 63.5 Å². The highest BCUT2D eigenvalue weighted by Gasteiger charge is 2.28. The van der Waals surface area contributed by atoms with Gasteiger partial charge in [0.05, 0.1) is 16.3 Å². The molecule has 0 unspecified atom stereocenters. The van der Waals surface area contributed by atoms with Crippen LogP contribution in [0.3, 0.4) is 0 Å². The number of benzene rings is 1. The molecule has 2 atom stereocenters. The van der Waals surface area contributed by atoms with Gasteiger partial charge in [0.15, 0.2) is 31.3 Å². The van der Waals surface area contributed by atoms with Gasteiger partial charge in [-0.3, -0.25) is 4.79 Å². The van der Waals surface area contributed by atoms with E-state index in [0.29, 0.717) is 17.2 Å². The van der Waals surface area contributed by atoms with Crippen molar-refractivity contribution in [1.82, 2.24) is 9.88 Å². The minimum absolute atomic E-state index is 0.129. The summed E-state index contributed by atoms with van der Waals surface area (Å²) in [6, 6.07) is 5.80. The van der Waals surface area contributed by atoms with Crippen LogP contribution >= 0.6 is 0 Å². The van der Waals surface area contributed by atoms with Gasteiger partial charge in [-0.2, -0.15) is 0 Å². The van der Waals surface area contributed by atoms with E-state index < -0.39 is 31.0 Å². The molecule has 0 N–H and O–H groups in total. The van der Waals surface area contributed by atoms with Crippen LogP contribution in [0.2, 0.25) is 0 Å². The van der Waals surface area contributed by atoms with Crippen molar-refractivity contribution < 1.29 is 26.0 Å². The van der Waals surface area contributed by atoms with E-state index in [4.69, 9.17) is 4.42 Å². The lowest BCUT2D eigenvalue weighted by atomic mass is 10.2. The fourth-order valence-electron chi connectivity index (χ4n) is 2.72. The van der Waals surface area contributed by atoms with Crippen molar-refractivity contribution in [3.8, 4) is 11.3 Å². The molecule has 0 radical (unpaired) electrons. The molecule has 0 aliphatic carbocycles. The predicted octanol–water partition coefficient (Wildman–Crippen LogP) is 1.96. The summed E-state index contributed by atoms with van der Waals surface area (Å²) in [4.78, 5) is 18.2. The molecule has 0 saturated carbocycles. The largest absolute Gasteiger partial charge is 0.441 e. The number of carbonyl (C=O) groups excluding carboxylic acids is 1. The molecule has 160 valence electrons. The molecule has 0 bridgehead atoms. The van der Waals surface area contributed by atoms with Crippen LogP contribution in [0.1, 0.15) is 26.2 Å². The molecule has 0 saturated heterocycles. The third kappa shape index (κ3) is 5.89. The van der Waals surface area contributed by atoms with E-state index in [9.17, 15) is 21.6 Å². The molecule has 0 aliphatic rings. The van der Waals surface area contributed by atoms with E-state index in [1.807, 2.05) is 0 Å². The van der Waals surface area contributed by atoms with Gasteiger partial charge >= 0.3 is 0 Å². The van der Waals surface area contributed by atoms with E-state index in [0.717, 1.165) is 12.5 Å². The topological polar surface area (TPSA) is 115 Å². The molecule has 0 aliphatic heterocycles. The van der Waals surface area contributed by atoms with Crippen LogP contribution in [-0.2, 0) is 30.9 Å². The molecule has 2 rings (SSSR count). The predicted molar refractivity (Wildman–Crippen MR) is 110 cm³/mol. The third-order valence-electron chi connectivity index (χ3n) is 5.03. The number of hydrogen-bond acceptors (Lipinski definition) is 7. The summed E-state index contributed by atoms with van der Waals surface area (Å²) < 4.78 is 52.1. The van der Waals surface area contributed by atoms with E-state index in [2.05, 4.69) is 4.98 Å². The van der Waals surface area contributed by atoms with E-state index in [-0.39, 0.29) is 23.6 Å². The standard InChI is InChI=1S/C19H26N2O6S2/c1-13(14(2)28(4,23)24)21(3)19(22)11-10-18-20-12-17(27-18)15-6-8-16(9-7-15)29(5,25)26/h6-9,12-14H,10-11H2,1-5H3/t13-,14-/m0/s1. The zero-order valence-corrected chi connectivity index (χ0v) is 18.7. The van der Waals surface area contributed by atoms with Crippen molar-refractivity contribution >= 4 is 25.6 Å². The summed E-state index contributed by atoms with van der Waals surface area (Å²) in [7, 11) is -4.94. The first kappa shape index (κ1) is 23.1. The van der Waals surface area contributed by atoms with Gasteiger partial charge in [-0.05, 0) is 38.1 Å². The van der Waals surface area contributed by atoms with Crippen LogP contribution in [0.25, 0.3) is 11.3 Å². The smallest absolute Gasteiger partial charge is 0.223 e. The monoisotopic (exact) mass is 442 g/mol. The average Bonchev–Trinajstić information content (AvgIpc) is 3.12. The van der Waals surface area contributed by atoms with Crippen LogP contribution < -0.4 is 0 Å². The molecule has 1 amide bonds. The molecular formula is C19H26N2O6S2. The van der Waals surface area contributed by atoms with Gasteiger partial charge in [0.2, 0.25) is 5.91 Å². The SMILES string of the molecule is C[C@@H]([C@H](C)S(C)(=O)=O)N(C)C(=O)CCc1ncc(-c2ccc(S(C)(=O)=O)cc2)o1. The Balaban J connectivity index is 2.01. The van der Waals surface area contributed by atoms with Crippen molar-refractivity contribution in [3.63, 3.8) is 0 Å². The second kappa shape index (κ2) is 8.66. The number of nitrogens with zero attached hydrogens (tertiary/aromatic N) is 2. The van der Waals surface area contributed by atoms with E-state index in [1.54, 1.807) is 33.0 Å². The van der Waals surface area contributed by atoms with Gasteiger partial charge in [-0.25, -0.2) is 21.8 Å². The summed E-state index contributed by atoms with van der Waals surface area (Å²) >= 11 is 0. The average molecular weight is 443 g/mol. The number of sulfone groups is 2. The minimum atomic E-state index is -3.27. The summed E-state index contributed by atoms with van der Waals surface area (Å²) in [6.45, 7) is 3.28. The number of hydrogen-bond donors (Lipinski definition) is 0. The molecule has 10 heteroatoms. The molecule has 29 heavy (non-hydrogen) atoms. The van der Waals surface area contributed by atoms with Crippen molar-refractivity contribution in [2.45, 2.75) is 42.9 Å². The number of aromatic nitrogens is 1. The summed E-state index contributed by atoms with van der Waals surface area (Å²) in [5.74, 6) is 0.642. The maximum atomic E-state index is 12.4. The van der Waals surface area contributed by atoms with Gasteiger partial charge in [0, 0.05) is 44.0 Å². The van der Waals surface area contributed by atoms with Crippen LogP contribution in [0, 0.1) is 0 Å². The first-order valence-electron chi connectivity index (χ1n) is 9.00. The van der Waals surface area contributed by atoms with Crippen molar-refractivity contribution in [2.24, 2.45) is 0 Å². The van der Waals surface area contributed by atoms with Gasteiger partial charge in [0.25, 0.3) is 0 Å². The van der Waals surface area contributed by atoms with Crippen molar-refractivity contribution in [1.29, 1.82) is 0 Å². The Bertz CT molecular complexity index is 1070. The molecule has 2 aromatic rings. The van der Waals surface area contributed by atoms with Crippen LogP contribution in [0.15, 0.2) is 39.8 Å². The molecule has 1 aromatic heterocycles. The highest BCUT2D eigenvalue weighted by molar-refractivity contribution is 7.91. The summed E-state index contributed by atoms with van der Waals surface area (Å²) in [5.41, 5.74) is 0.676. The first-order chi connectivity index (χ1) is 13.3. The summed E-state index contributed by atoms with van der Waals surface area (Å²) in [5, 5.41) is -0.667. The number of amides is 1. The summed E-state index contributed by atoms with van der Waals surface area (Å²) in [6.07, 6.45) is 4.21. The van der Waals surface area contributed by atoms with Crippen LogP contribution in [0.4, 0.5) is 0 Å². The number of carbonyl (C=O) groups is 1. The molecule has 0 spiro atoms. The molecule has 1 aromatic carbocycles. The Labute approximate surface area is 171 Å². The Hall–Kier alpha value is -2.20. The maximum absolute atomic E-state index is 12.4. The zero-order valence-electron chi connectivity index (χ0n) is 17.1. The van der Waals surface area contributed by atoms with E-state index >= 15 is 0 Å². The highest BCUT2D eigenvalue weighted by atomic mass is 32.2. The zero-order chi connectivity index (χ0) is 22.0. The Morgan fingerprint density at radius 3 is 2.21 bits per heavy atom. The van der Waals surface area contributed by atoms with Gasteiger partial charge in [-0.15, -0.1) is 0 Å². The third-order valence-corrected chi connectivity index (χ3v) is 7.91. The normalized spacial score (nSPS) is 14.4. The van der Waals surface area contributed by atoms with Crippen molar-refractivity contribution in [3.05, 3.63) is 36.4 Å². The first-order valence-corrected chi connectivity index (χ1v) is 12.8. The molecule has 0 fully saturated rings. The van der Waals surface area contributed by atoms with Crippen molar-refractivity contribution in [2.75, 3.05) is 19.6 Å². The number of rotatable bonds is 8.